The number of thiazole rings is 1. The molecule has 0 fully saturated rings. The van der Waals surface area contributed by atoms with Crippen LogP contribution in [0.1, 0.15) is 22.3 Å². The summed E-state index contributed by atoms with van der Waals surface area (Å²) >= 11 is 1.45. The van der Waals surface area contributed by atoms with Gasteiger partial charge >= 0.3 is 0 Å². The Morgan fingerprint density at radius 1 is 1.46 bits per heavy atom. The molecule has 0 saturated carbocycles. The molecule has 0 amide bonds. The van der Waals surface area contributed by atoms with Gasteiger partial charge in [0.2, 0.25) is 0 Å². The molecular weight excluding hydrogens is 182 g/mol. The fourth-order valence-electron chi connectivity index (χ4n) is 1.19. The second-order valence-electron chi connectivity index (χ2n) is 3.05. The Bertz CT molecular complexity index is 473. The van der Waals surface area contributed by atoms with E-state index in [1.165, 1.54) is 16.9 Å². The van der Waals surface area contributed by atoms with Gasteiger partial charge in [0.05, 0.1) is 10.2 Å². The second kappa shape index (κ2) is 2.92. The molecule has 0 aliphatic carbocycles. The number of carbonyl (C=O) groups excluding carboxylic acids is 1. The predicted molar refractivity (Wildman–Crippen MR) is 54.4 cm³/mol. The number of rotatable bonds is 1. The Morgan fingerprint density at radius 3 is 2.92 bits per heavy atom. The van der Waals surface area contributed by atoms with Crippen LogP contribution in [0.5, 0.6) is 0 Å². The van der Waals surface area contributed by atoms with Gasteiger partial charge < -0.3 is 0 Å². The molecule has 13 heavy (non-hydrogen) atoms. The third-order valence-electron chi connectivity index (χ3n) is 1.84. The molecule has 2 nitrogen and oxygen atoms in total. The first-order chi connectivity index (χ1) is 6.16. The summed E-state index contributed by atoms with van der Waals surface area (Å²) in [7, 11) is 0. The molecule has 2 rings (SSSR count). The first-order valence-electron chi connectivity index (χ1n) is 4.05. The van der Waals surface area contributed by atoms with Crippen LogP contribution in [0.4, 0.5) is 0 Å². The van der Waals surface area contributed by atoms with Gasteiger partial charge in [0, 0.05) is 6.92 Å². The monoisotopic (exact) mass is 191 g/mol. The average molecular weight is 191 g/mol. The smallest absolute Gasteiger partial charge is 0.188 e. The van der Waals surface area contributed by atoms with Crippen LogP contribution in [0.25, 0.3) is 10.2 Å². The molecule has 0 unspecified atom stereocenters. The van der Waals surface area contributed by atoms with Crippen molar-refractivity contribution in [2.24, 2.45) is 0 Å². The lowest BCUT2D eigenvalue weighted by Crippen LogP contribution is -1.88. The Morgan fingerprint density at radius 2 is 2.23 bits per heavy atom. The number of fused-ring (bicyclic) bond motifs is 1. The summed E-state index contributed by atoms with van der Waals surface area (Å²) in [6.07, 6.45) is 0. The third kappa shape index (κ3) is 1.47. The third-order valence-corrected chi connectivity index (χ3v) is 2.98. The van der Waals surface area contributed by atoms with Crippen LogP contribution in [-0.2, 0) is 0 Å². The summed E-state index contributed by atoms with van der Waals surface area (Å²) in [5, 5.41) is 0.598. The molecule has 0 N–H and O–H groups in total. The van der Waals surface area contributed by atoms with Gasteiger partial charge in [-0.25, -0.2) is 4.98 Å². The van der Waals surface area contributed by atoms with E-state index in [9.17, 15) is 4.79 Å². The molecule has 3 heteroatoms. The maximum absolute atomic E-state index is 11.0. The largest absolute Gasteiger partial charge is 0.292 e. The number of hydrogen-bond donors (Lipinski definition) is 0. The fourth-order valence-corrected chi connectivity index (χ4v) is 2.03. The van der Waals surface area contributed by atoms with Gasteiger partial charge in [-0.15, -0.1) is 11.3 Å². The SMILES string of the molecule is CC(=O)c1nc2cc(C)ccc2s1. The van der Waals surface area contributed by atoms with Crippen LogP contribution in [0, 0.1) is 6.92 Å². The molecule has 0 aliphatic heterocycles. The van der Waals surface area contributed by atoms with Crippen molar-refractivity contribution in [1.82, 2.24) is 4.98 Å². The molecule has 1 aromatic carbocycles. The van der Waals surface area contributed by atoms with Crippen molar-refractivity contribution in [3.63, 3.8) is 0 Å². The minimum Gasteiger partial charge on any atom is -0.292 e. The molecule has 0 saturated heterocycles. The Kier molecular flexibility index (Phi) is 1.88. The van der Waals surface area contributed by atoms with Gasteiger partial charge in [-0.2, -0.15) is 0 Å². The first kappa shape index (κ1) is 8.38. The molecule has 0 atom stereocenters. The highest BCUT2D eigenvalue weighted by molar-refractivity contribution is 7.20. The summed E-state index contributed by atoms with van der Waals surface area (Å²) in [5.41, 5.74) is 2.10. The minimum atomic E-state index is 0.0406. The zero-order valence-corrected chi connectivity index (χ0v) is 8.31. The summed E-state index contributed by atoms with van der Waals surface area (Å²) in [6.45, 7) is 3.57. The Hall–Kier alpha value is -1.22. The number of ketones is 1. The lowest BCUT2D eigenvalue weighted by atomic mass is 10.2. The molecule has 2 aromatic rings. The molecule has 0 radical (unpaired) electrons. The lowest BCUT2D eigenvalue weighted by molar-refractivity contribution is 0.101. The van der Waals surface area contributed by atoms with Gasteiger partial charge in [0.1, 0.15) is 0 Å². The van der Waals surface area contributed by atoms with Crippen molar-refractivity contribution in [1.29, 1.82) is 0 Å². The molecule has 0 bridgehead atoms. The summed E-state index contributed by atoms with van der Waals surface area (Å²) in [5.74, 6) is 0.0406. The van der Waals surface area contributed by atoms with Crippen molar-refractivity contribution in [3.8, 4) is 0 Å². The quantitative estimate of drug-likeness (QED) is 0.649. The topological polar surface area (TPSA) is 30.0 Å². The number of benzene rings is 1. The molecule has 1 heterocycles. The normalized spacial score (nSPS) is 10.6. The van der Waals surface area contributed by atoms with Gasteiger partial charge in [0.15, 0.2) is 10.8 Å². The number of aryl methyl sites for hydroxylation is 1. The van der Waals surface area contributed by atoms with E-state index in [1.54, 1.807) is 6.92 Å². The number of nitrogens with zero attached hydrogens (tertiary/aromatic N) is 1. The van der Waals surface area contributed by atoms with Crippen molar-refractivity contribution >= 4 is 27.3 Å². The fraction of sp³-hybridized carbons (Fsp3) is 0.200. The van der Waals surface area contributed by atoms with E-state index in [-0.39, 0.29) is 5.78 Å². The summed E-state index contributed by atoms with van der Waals surface area (Å²) in [6, 6.07) is 6.04. The van der Waals surface area contributed by atoms with E-state index in [2.05, 4.69) is 4.98 Å². The molecule has 1 aromatic heterocycles. The van der Waals surface area contributed by atoms with Crippen LogP contribution >= 0.6 is 11.3 Å². The zero-order valence-electron chi connectivity index (χ0n) is 7.50. The highest BCUT2D eigenvalue weighted by atomic mass is 32.1. The minimum absolute atomic E-state index is 0.0406. The van der Waals surface area contributed by atoms with Crippen molar-refractivity contribution in [2.45, 2.75) is 13.8 Å². The lowest BCUT2D eigenvalue weighted by Gasteiger charge is -1.88. The number of carbonyl (C=O) groups is 1. The number of Topliss-reactive ketones (excluding diaryl/α,β-unsaturated/α-hetero) is 1. The van der Waals surface area contributed by atoms with E-state index < -0.39 is 0 Å². The van der Waals surface area contributed by atoms with E-state index in [1.807, 2.05) is 25.1 Å². The summed E-state index contributed by atoms with van der Waals surface area (Å²) in [4.78, 5) is 15.3. The second-order valence-corrected chi connectivity index (χ2v) is 4.08. The number of hydrogen-bond acceptors (Lipinski definition) is 3. The van der Waals surface area contributed by atoms with Gasteiger partial charge in [-0.3, -0.25) is 4.79 Å². The highest BCUT2D eigenvalue weighted by Crippen LogP contribution is 2.22. The van der Waals surface area contributed by atoms with Crippen LogP contribution in [-0.4, -0.2) is 10.8 Å². The van der Waals surface area contributed by atoms with Crippen molar-refractivity contribution in [3.05, 3.63) is 28.8 Å². The van der Waals surface area contributed by atoms with Crippen LogP contribution in [0.15, 0.2) is 18.2 Å². The highest BCUT2D eigenvalue weighted by Gasteiger charge is 2.06. The molecular formula is C10H9NOS. The van der Waals surface area contributed by atoms with Gasteiger partial charge in [-0.1, -0.05) is 6.07 Å². The van der Waals surface area contributed by atoms with Gasteiger partial charge in [0.25, 0.3) is 0 Å². The standard InChI is InChI=1S/C10H9NOS/c1-6-3-4-9-8(5-6)11-10(13-9)7(2)12/h3-5H,1-2H3. The Balaban J connectivity index is 2.68. The van der Waals surface area contributed by atoms with Crippen LogP contribution in [0.3, 0.4) is 0 Å². The van der Waals surface area contributed by atoms with E-state index in [0.717, 1.165) is 10.2 Å². The first-order valence-corrected chi connectivity index (χ1v) is 4.86. The average Bonchev–Trinajstić information content (AvgIpc) is 2.46. The molecule has 0 aliphatic rings. The van der Waals surface area contributed by atoms with Crippen molar-refractivity contribution < 1.29 is 4.79 Å². The summed E-state index contributed by atoms with van der Waals surface area (Å²) < 4.78 is 1.08. The molecule has 66 valence electrons. The Labute approximate surface area is 80.2 Å². The van der Waals surface area contributed by atoms with Crippen LogP contribution < -0.4 is 0 Å². The predicted octanol–water partition coefficient (Wildman–Crippen LogP) is 2.81. The zero-order chi connectivity index (χ0) is 9.42. The van der Waals surface area contributed by atoms with E-state index >= 15 is 0 Å². The van der Waals surface area contributed by atoms with E-state index in [4.69, 9.17) is 0 Å². The molecule has 0 spiro atoms. The van der Waals surface area contributed by atoms with Gasteiger partial charge in [-0.05, 0) is 24.6 Å². The maximum atomic E-state index is 11.0. The number of aromatic nitrogens is 1. The van der Waals surface area contributed by atoms with Crippen molar-refractivity contribution in [2.75, 3.05) is 0 Å². The van der Waals surface area contributed by atoms with E-state index in [0.29, 0.717) is 5.01 Å². The van der Waals surface area contributed by atoms with Crippen LogP contribution in [0.2, 0.25) is 0 Å². The maximum Gasteiger partial charge on any atom is 0.188 e.